The van der Waals surface area contributed by atoms with Crippen LogP contribution in [0.1, 0.15) is 25.8 Å². The molecule has 0 saturated carbocycles. The molecular weight excluding hydrogens is 505 g/mol. The van der Waals surface area contributed by atoms with E-state index in [0.717, 1.165) is 17.6 Å². The molecular formula is C29H32FN3O4S. The maximum absolute atomic E-state index is 13.9. The van der Waals surface area contributed by atoms with Crippen LogP contribution in [0, 0.1) is 5.82 Å². The lowest BCUT2D eigenvalue weighted by Gasteiger charge is -2.17. The van der Waals surface area contributed by atoms with Gasteiger partial charge in [-0.25, -0.2) is 9.38 Å². The van der Waals surface area contributed by atoms with Gasteiger partial charge in [-0.05, 0) is 67.3 Å². The van der Waals surface area contributed by atoms with Crippen LogP contribution in [0.15, 0.2) is 83.0 Å². The number of allylic oxidation sites excluding steroid dienone is 5. The van der Waals surface area contributed by atoms with Gasteiger partial charge in [0.05, 0.1) is 19.9 Å². The highest BCUT2D eigenvalue weighted by Crippen LogP contribution is 2.35. The zero-order valence-corrected chi connectivity index (χ0v) is 22.8. The van der Waals surface area contributed by atoms with E-state index in [1.807, 2.05) is 43.4 Å². The summed E-state index contributed by atoms with van der Waals surface area (Å²) >= 11 is 1.32. The summed E-state index contributed by atoms with van der Waals surface area (Å²) in [6.45, 7) is 4.15. The van der Waals surface area contributed by atoms with E-state index in [9.17, 15) is 14.0 Å². The molecule has 1 N–H and O–H groups in total. The highest BCUT2D eigenvalue weighted by atomic mass is 32.2. The first-order chi connectivity index (χ1) is 18.4. The summed E-state index contributed by atoms with van der Waals surface area (Å²) in [6.07, 6.45) is 9.43. The molecule has 3 rings (SSSR count). The van der Waals surface area contributed by atoms with E-state index in [0.29, 0.717) is 47.4 Å². The largest absolute Gasteiger partial charge is 0.493 e. The molecule has 1 fully saturated rings. The van der Waals surface area contributed by atoms with E-state index in [1.165, 1.54) is 23.9 Å². The van der Waals surface area contributed by atoms with E-state index in [1.54, 1.807) is 44.3 Å². The monoisotopic (exact) mass is 537 g/mol. The Hall–Kier alpha value is -3.85. The average Bonchev–Trinajstić information content (AvgIpc) is 3.21. The van der Waals surface area contributed by atoms with Crippen molar-refractivity contribution in [3.8, 4) is 11.5 Å². The number of aliphatic imine (C=N–C) groups is 1. The number of hydrogen-bond acceptors (Lipinski definition) is 6. The number of amidine groups is 1. The second-order valence-corrected chi connectivity index (χ2v) is 9.46. The second kappa shape index (κ2) is 14.2. The Balaban J connectivity index is 1.96. The lowest BCUT2D eigenvalue weighted by molar-refractivity contribution is -0.125. The Labute approximate surface area is 227 Å². The smallest absolute Gasteiger partial charge is 0.246 e. The van der Waals surface area contributed by atoms with Gasteiger partial charge in [0.25, 0.3) is 0 Å². The van der Waals surface area contributed by atoms with E-state index in [-0.39, 0.29) is 5.91 Å². The quantitative estimate of drug-likeness (QED) is 0.283. The topological polar surface area (TPSA) is 80.2 Å². The standard InChI is InChI=1S/C29H32FN3O4S/c1-5-6-8-22(13-11-20(2)31-19-34)27-28(35)33(29(38-27)32-24-10-7-9-23(30)18-24)16-15-21-12-14-25(36-3)26(17-21)37-4/h6-14,17-19,27H,5,15-16H2,1-4H3,(H,31,34)/b8-6-,20-11+,22-13+,32-29?. The lowest BCUT2D eigenvalue weighted by atomic mass is 10.1. The van der Waals surface area contributed by atoms with Crippen LogP contribution in [0.5, 0.6) is 11.5 Å². The molecule has 1 saturated heterocycles. The van der Waals surface area contributed by atoms with Crippen molar-refractivity contribution in [1.82, 2.24) is 10.2 Å². The van der Waals surface area contributed by atoms with Crippen LogP contribution >= 0.6 is 11.8 Å². The normalized spacial score (nSPS) is 17.4. The van der Waals surface area contributed by atoms with Gasteiger partial charge in [-0.1, -0.05) is 49.0 Å². The third-order valence-electron chi connectivity index (χ3n) is 5.71. The zero-order chi connectivity index (χ0) is 27.5. The van der Waals surface area contributed by atoms with Crippen LogP contribution in [0.4, 0.5) is 10.1 Å². The first-order valence-corrected chi connectivity index (χ1v) is 13.1. The van der Waals surface area contributed by atoms with Crippen LogP contribution in [-0.4, -0.2) is 48.4 Å². The molecule has 7 nitrogen and oxygen atoms in total. The molecule has 0 radical (unpaired) electrons. The van der Waals surface area contributed by atoms with Gasteiger partial charge in [0.15, 0.2) is 16.7 Å². The van der Waals surface area contributed by atoms with Crippen molar-refractivity contribution in [2.24, 2.45) is 4.99 Å². The van der Waals surface area contributed by atoms with Crippen molar-refractivity contribution in [3.63, 3.8) is 0 Å². The number of carbonyl (C=O) groups excluding carboxylic acids is 2. The van der Waals surface area contributed by atoms with E-state index in [2.05, 4.69) is 10.3 Å². The molecule has 1 heterocycles. The molecule has 0 bridgehead atoms. The molecule has 1 aliphatic heterocycles. The molecule has 2 amide bonds. The first kappa shape index (κ1) is 28.7. The van der Waals surface area contributed by atoms with Crippen molar-refractivity contribution in [3.05, 3.63) is 89.4 Å². The number of halogens is 1. The van der Waals surface area contributed by atoms with Crippen molar-refractivity contribution < 1.29 is 23.5 Å². The number of nitrogens with one attached hydrogen (secondary N) is 1. The minimum absolute atomic E-state index is 0.118. The van der Waals surface area contributed by atoms with Crippen molar-refractivity contribution >= 4 is 34.9 Å². The predicted octanol–water partition coefficient (Wildman–Crippen LogP) is 5.56. The Kier molecular flexibility index (Phi) is 10.7. The molecule has 200 valence electrons. The summed E-state index contributed by atoms with van der Waals surface area (Å²) in [7, 11) is 3.16. The van der Waals surface area contributed by atoms with Gasteiger partial charge in [-0.2, -0.15) is 0 Å². The molecule has 0 aliphatic carbocycles. The van der Waals surface area contributed by atoms with Gasteiger partial charge in [-0.3, -0.25) is 14.5 Å². The fraction of sp³-hybridized carbons (Fsp3) is 0.276. The Morgan fingerprint density at radius 2 is 1.95 bits per heavy atom. The molecule has 1 aliphatic rings. The fourth-order valence-electron chi connectivity index (χ4n) is 3.74. The molecule has 38 heavy (non-hydrogen) atoms. The molecule has 0 aromatic heterocycles. The number of ether oxygens (including phenoxy) is 2. The van der Waals surface area contributed by atoms with E-state index >= 15 is 0 Å². The number of amides is 2. The predicted molar refractivity (Wildman–Crippen MR) is 150 cm³/mol. The Morgan fingerprint density at radius 3 is 2.63 bits per heavy atom. The number of hydrogen-bond donors (Lipinski definition) is 1. The van der Waals surface area contributed by atoms with Gasteiger partial charge in [0.2, 0.25) is 12.3 Å². The van der Waals surface area contributed by atoms with Gasteiger partial charge in [-0.15, -0.1) is 0 Å². The Bertz CT molecular complexity index is 1270. The van der Waals surface area contributed by atoms with E-state index < -0.39 is 11.1 Å². The number of benzene rings is 2. The minimum atomic E-state index is -0.546. The number of thioether (sulfide) groups is 1. The average molecular weight is 538 g/mol. The highest BCUT2D eigenvalue weighted by molar-refractivity contribution is 8.15. The zero-order valence-electron chi connectivity index (χ0n) is 21.9. The van der Waals surface area contributed by atoms with Crippen LogP contribution < -0.4 is 14.8 Å². The van der Waals surface area contributed by atoms with Gasteiger partial charge in [0.1, 0.15) is 11.1 Å². The maximum Gasteiger partial charge on any atom is 0.246 e. The van der Waals surface area contributed by atoms with Crippen LogP contribution in [0.3, 0.4) is 0 Å². The van der Waals surface area contributed by atoms with Crippen LogP contribution in [0.2, 0.25) is 0 Å². The number of methoxy groups -OCH3 is 2. The molecule has 0 spiro atoms. The molecule has 2 aromatic rings. The fourth-order valence-corrected chi connectivity index (χ4v) is 4.94. The lowest BCUT2D eigenvalue weighted by Crippen LogP contribution is -2.34. The molecule has 9 heteroatoms. The summed E-state index contributed by atoms with van der Waals surface area (Å²) in [5, 5.41) is 2.55. The van der Waals surface area contributed by atoms with Crippen molar-refractivity contribution in [2.75, 3.05) is 20.8 Å². The Morgan fingerprint density at radius 1 is 1.16 bits per heavy atom. The molecule has 2 aromatic carbocycles. The molecule has 1 unspecified atom stereocenters. The van der Waals surface area contributed by atoms with Crippen molar-refractivity contribution in [1.29, 1.82) is 0 Å². The number of rotatable bonds is 12. The van der Waals surface area contributed by atoms with Crippen LogP contribution in [0.25, 0.3) is 0 Å². The summed E-state index contributed by atoms with van der Waals surface area (Å²) < 4.78 is 24.6. The summed E-state index contributed by atoms with van der Waals surface area (Å²) in [5.74, 6) is 0.721. The minimum Gasteiger partial charge on any atom is -0.493 e. The van der Waals surface area contributed by atoms with Crippen molar-refractivity contribution in [2.45, 2.75) is 31.9 Å². The maximum atomic E-state index is 13.9. The number of nitrogens with zero attached hydrogens (tertiary/aromatic N) is 2. The van der Waals surface area contributed by atoms with Gasteiger partial charge < -0.3 is 14.8 Å². The second-order valence-electron chi connectivity index (χ2n) is 8.39. The first-order valence-electron chi connectivity index (χ1n) is 12.2. The number of carbonyl (C=O) groups is 2. The highest BCUT2D eigenvalue weighted by Gasteiger charge is 2.39. The summed E-state index contributed by atoms with van der Waals surface area (Å²) in [4.78, 5) is 30.8. The third-order valence-corrected chi connectivity index (χ3v) is 6.94. The van der Waals surface area contributed by atoms with Crippen LogP contribution in [-0.2, 0) is 16.0 Å². The van der Waals surface area contributed by atoms with E-state index in [4.69, 9.17) is 9.47 Å². The SMILES string of the molecule is CC\C=C/C(=C\C=C(/C)NC=O)C1SC(=Nc2cccc(F)c2)N(CCc2ccc(OC)c(OC)c2)C1=O. The van der Waals surface area contributed by atoms with Gasteiger partial charge in [0, 0.05) is 12.2 Å². The molecule has 1 atom stereocenters. The van der Waals surface area contributed by atoms with Gasteiger partial charge >= 0.3 is 0 Å². The third kappa shape index (κ3) is 7.58. The summed E-state index contributed by atoms with van der Waals surface area (Å²) in [6, 6.07) is 11.6. The summed E-state index contributed by atoms with van der Waals surface area (Å²) in [5.41, 5.74) is 2.82.